The molecule has 72 valence electrons. The summed E-state index contributed by atoms with van der Waals surface area (Å²) in [5, 5.41) is 15.8. The van der Waals surface area contributed by atoms with Gasteiger partial charge in [-0.25, -0.2) is 9.18 Å². The molecule has 14 heavy (non-hydrogen) atoms. The van der Waals surface area contributed by atoms with Gasteiger partial charge in [-0.05, 0) is 19.1 Å². The normalized spacial score (nSPS) is 10.7. The van der Waals surface area contributed by atoms with Crippen LogP contribution in [0.3, 0.4) is 0 Å². The van der Waals surface area contributed by atoms with Gasteiger partial charge >= 0.3 is 5.97 Å². The Bertz CT molecular complexity index is 519. The Morgan fingerprint density at radius 2 is 2.29 bits per heavy atom. The molecule has 0 saturated carbocycles. The van der Waals surface area contributed by atoms with Crippen LogP contribution in [0.2, 0.25) is 0 Å². The lowest BCUT2D eigenvalue weighted by atomic mass is 10.1. The van der Waals surface area contributed by atoms with Gasteiger partial charge < -0.3 is 5.11 Å². The van der Waals surface area contributed by atoms with Gasteiger partial charge in [0.2, 0.25) is 0 Å². The first-order chi connectivity index (χ1) is 6.59. The van der Waals surface area contributed by atoms with Crippen molar-refractivity contribution >= 4 is 16.9 Å². The highest BCUT2D eigenvalue weighted by molar-refractivity contribution is 5.94. The Morgan fingerprint density at radius 1 is 1.57 bits per heavy atom. The number of aromatic amines is 1. The van der Waals surface area contributed by atoms with E-state index in [1.165, 1.54) is 12.1 Å². The Kier molecular flexibility index (Phi) is 1.73. The zero-order valence-corrected chi connectivity index (χ0v) is 7.34. The molecule has 1 heterocycles. The van der Waals surface area contributed by atoms with Gasteiger partial charge in [-0.2, -0.15) is 5.10 Å². The van der Waals surface area contributed by atoms with E-state index in [4.69, 9.17) is 5.11 Å². The van der Waals surface area contributed by atoms with Gasteiger partial charge in [-0.15, -0.1) is 0 Å². The van der Waals surface area contributed by atoms with Gasteiger partial charge in [0.05, 0.1) is 11.1 Å². The molecule has 0 aliphatic rings. The molecule has 2 rings (SSSR count). The van der Waals surface area contributed by atoms with Crippen LogP contribution in [0.4, 0.5) is 4.39 Å². The van der Waals surface area contributed by atoms with E-state index in [1.54, 1.807) is 6.92 Å². The van der Waals surface area contributed by atoms with Crippen molar-refractivity contribution in [2.24, 2.45) is 0 Å². The summed E-state index contributed by atoms with van der Waals surface area (Å²) in [6.07, 6.45) is 0. The maximum absolute atomic E-state index is 13.2. The van der Waals surface area contributed by atoms with Gasteiger partial charge in [0.25, 0.3) is 0 Å². The number of aryl methyl sites for hydroxylation is 1. The number of carboxylic acids is 1. The minimum atomic E-state index is -1.29. The summed E-state index contributed by atoms with van der Waals surface area (Å²) in [6.45, 7) is 1.75. The summed E-state index contributed by atoms with van der Waals surface area (Å²) < 4.78 is 13.2. The van der Waals surface area contributed by atoms with Crippen LogP contribution in [0.15, 0.2) is 12.1 Å². The number of aromatic carboxylic acids is 1. The summed E-state index contributed by atoms with van der Waals surface area (Å²) in [4.78, 5) is 10.6. The van der Waals surface area contributed by atoms with Crippen LogP contribution >= 0.6 is 0 Å². The number of H-pyrrole nitrogens is 1. The number of carbonyl (C=O) groups is 1. The monoisotopic (exact) mass is 194 g/mol. The van der Waals surface area contributed by atoms with Crippen molar-refractivity contribution in [2.45, 2.75) is 6.92 Å². The predicted octanol–water partition coefficient (Wildman–Crippen LogP) is 1.71. The van der Waals surface area contributed by atoms with E-state index in [0.717, 1.165) is 5.69 Å². The molecule has 0 fully saturated rings. The molecule has 2 N–H and O–H groups in total. The summed E-state index contributed by atoms with van der Waals surface area (Å²) in [6, 6.07) is 2.40. The van der Waals surface area contributed by atoms with Crippen molar-refractivity contribution in [3.63, 3.8) is 0 Å². The van der Waals surface area contributed by atoms with Crippen LogP contribution in [0.5, 0.6) is 0 Å². The Balaban J connectivity index is 2.79. The van der Waals surface area contributed by atoms with Gasteiger partial charge in [0, 0.05) is 11.1 Å². The fourth-order valence-electron chi connectivity index (χ4n) is 1.32. The average Bonchev–Trinajstić information content (AvgIpc) is 2.46. The quantitative estimate of drug-likeness (QED) is 0.726. The first kappa shape index (κ1) is 8.68. The van der Waals surface area contributed by atoms with E-state index in [2.05, 4.69) is 10.2 Å². The molecule has 5 heteroatoms. The van der Waals surface area contributed by atoms with Crippen molar-refractivity contribution in [3.8, 4) is 0 Å². The van der Waals surface area contributed by atoms with E-state index < -0.39 is 11.8 Å². The summed E-state index contributed by atoms with van der Waals surface area (Å²) in [7, 11) is 0. The smallest absolute Gasteiger partial charge is 0.338 e. The molecule has 0 unspecified atom stereocenters. The molecule has 1 aromatic carbocycles. The van der Waals surface area contributed by atoms with Gasteiger partial charge in [0.1, 0.15) is 5.82 Å². The first-order valence-corrected chi connectivity index (χ1v) is 3.97. The van der Waals surface area contributed by atoms with E-state index in [9.17, 15) is 9.18 Å². The van der Waals surface area contributed by atoms with Gasteiger partial charge in [0.15, 0.2) is 0 Å². The molecule has 1 aromatic heterocycles. The van der Waals surface area contributed by atoms with E-state index >= 15 is 0 Å². The van der Waals surface area contributed by atoms with Crippen molar-refractivity contribution in [1.29, 1.82) is 0 Å². The minimum absolute atomic E-state index is 0.357. The number of benzene rings is 1. The Labute approximate surface area is 78.4 Å². The van der Waals surface area contributed by atoms with Crippen molar-refractivity contribution in [1.82, 2.24) is 10.2 Å². The lowest BCUT2D eigenvalue weighted by Crippen LogP contribution is -1.99. The molecule has 2 aromatic rings. The third kappa shape index (κ3) is 1.14. The topological polar surface area (TPSA) is 66.0 Å². The lowest BCUT2D eigenvalue weighted by Gasteiger charge is -1.96. The molecular formula is C9H7FN2O2. The summed E-state index contributed by atoms with van der Waals surface area (Å²) in [5.41, 5.74) is 0.820. The van der Waals surface area contributed by atoms with Crippen molar-refractivity contribution in [2.75, 3.05) is 0 Å². The van der Waals surface area contributed by atoms with Crippen LogP contribution in [-0.4, -0.2) is 21.3 Å². The lowest BCUT2D eigenvalue weighted by molar-refractivity contribution is 0.0692. The number of aromatic nitrogens is 2. The second-order valence-corrected chi connectivity index (χ2v) is 3.00. The van der Waals surface area contributed by atoms with Crippen LogP contribution < -0.4 is 0 Å². The zero-order valence-electron chi connectivity index (χ0n) is 7.34. The number of hydrogen-bond donors (Lipinski definition) is 2. The fourth-order valence-corrected chi connectivity index (χ4v) is 1.32. The zero-order chi connectivity index (χ0) is 10.3. The summed E-state index contributed by atoms with van der Waals surface area (Å²) >= 11 is 0. The highest BCUT2D eigenvalue weighted by Crippen LogP contribution is 2.19. The molecule has 0 saturated heterocycles. The van der Waals surface area contributed by atoms with E-state index in [-0.39, 0.29) is 5.56 Å². The number of hydrogen-bond acceptors (Lipinski definition) is 2. The number of fused-ring (bicyclic) bond motifs is 1. The van der Waals surface area contributed by atoms with Crippen LogP contribution in [0, 0.1) is 12.7 Å². The maximum Gasteiger partial charge on any atom is 0.338 e. The molecule has 0 radical (unpaired) electrons. The highest BCUT2D eigenvalue weighted by Gasteiger charge is 2.13. The number of halogens is 1. The Hall–Kier alpha value is -1.91. The maximum atomic E-state index is 13.2. The third-order valence-electron chi connectivity index (χ3n) is 2.06. The van der Waals surface area contributed by atoms with Crippen molar-refractivity contribution in [3.05, 3.63) is 29.2 Å². The largest absolute Gasteiger partial charge is 0.478 e. The van der Waals surface area contributed by atoms with E-state index in [1.807, 2.05) is 0 Å². The molecule has 0 atom stereocenters. The number of nitrogens with one attached hydrogen (secondary N) is 1. The molecule has 0 aliphatic heterocycles. The average molecular weight is 194 g/mol. The Morgan fingerprint density at radius 3 is 2.93 bits per heavy atom. The van der Waals surface area contributed by atoms with E-state index in [0.29, 0.717) is 10.9 Å². The number of nitrogens with zero attached hydrogens (tertiary/aromatic N) is 1. The standard InChI is InChI=1S/C9H7FN2O2/c1-4-5-2-7(10)6(9(13)14)3-8(5)12-11-4/h2-3H,1H3,(H,11,12)(H,13,14). The molecular weight excluding hydrogens is 187 g/mol. The second-order valence-electron chi connectivity index (χ2n) is 3.00. The molecule has 0 spiro atoms. The number of carboxylic acid groups (broad SMARTS) is 1. The van der Waals surface area contributed by atoms with Crippen LogP contribution in [0.25, 0.3) is 10.9 Å². The predicted molar refractivity (Wildman–Crippen MR) is 47.7 cm³/mol. The highest BCUT2D eigenvalue weighted by atomic mass is 19.1. The number of rotatable bonds is 1. The molecule has 0 aliphatic carbocycles. The summed E-state index contributed by atoms with van der Waals surface area (Å²) in [5.74, 6) is -2.03. The van der Waals surface area contributed by atoms with Gasteiger partial charge in [-0.3, -0.25) is 5.10 Å². The SMILES string of the molecule is Cc1[nH]nc2cc(C(=O)O)c(F)cc12. The van der Waals surface area contributed by atoms with Crippen LogP contribution in [-0.2, 0) is 0 Å². The van der Waals surface area contributed by atoms with Crippen molar-refractivity contribution < 1.29 is 14.3 Å². The minimum Gasteiger partial charge on any atom is -0.478 e. The fraction of sp³-hybridized carbons (Fsp3) is 0.111. The first-order valence-electron chi connectivity index (χ1n) is 3.97. The second kappa shape index (κ2) is 2.80. The molecule has 0 amide bonds. The third-order valence-corrected chi connectivity index (χ3v) is 2.06. The van der Waals surface area contributed by atoms with Crippen LogP contribution in [0.1, 0.15) is 16.1 Å². The molecule has 0 bridgehead atoms. The molecule has 4 nitrogen and oxygen atoms in total. The van der Waals surface area contributed by atoms with Gasteiger partial charge in [-0.1, -0.05) is 0 Å².